The Kier molecular flexibility index (Phi) is 6.01. The molecule has 0 radical (unpaired) electrons. The predicted octanol–water partition coefficient (Wildman–Crippen LogP) is 2.25. The fourth-order valence-corrected chi connectivity index (χ4v) is 3.59. The van der Waals surface area contributed by atoms with Crippen LogP contribution in [0.1, 0.15) is 32.3 Å². The van der Waals surface area contributed by atoms with Crippen LogP contribution in [0.3, 0.4) is 0 Å². The molecular formula is C22H30N3O2+. The van der Waals surface area contributed by atoms with Crippen molar-refractivity contribution in [2.24, 2.45) is 0 Å². The van der Waals surface area contributed by atoms with E-state index < -0.39 is 0 Å². The van der Waals surface area contributed by atoms with Gasteiger partial charge in [0.1, 0.15) is 5.75 Å². The van der Waals surface area contributed by atoms with Crippen molar-refractivity contribution < 1.29 is 14.8 Å². The lowest BCUT2D eigenvalue weighted by molar-refractivity contribution is -0.914. The molecule has 3 N–H and O–H groups in total. The van der Waals surface area contributed by atoms with Crippen molar-refractivity contribution in [3.63, 3.8) is 0 Å². The van der Waals surface area contributed by atoms with E-state index >= 15 is 0 Å². The number of para-hydroxylation sites is 2. The molecule has 2 aromatic rings. The fraction of sp³-hybridized carbons (Fsp3) is 0.409. The van der Waals surface area contributed by atoms with Gasteiger partial charge in [-0.05, 0) is 42.7 Å². The highest BCUT2D eigenvalue weighted by Crippen LogP contribution is 2.26. The van der Waals surface area contributed by atoms with Gasteiger partial charge in [0.05, 0.1) is 31.9 Å². The van der Waals surface area contributed by atoms with Gasteiger partial charge in [-0.15, -0.1) is 0 Å². The average molecular weight is 369 g/mol. The van der Waals surface area contributed by atoms with E-state index in [2.05, 4.69) is 36.2 Å². The minimum absolute atomic E-state index is 0.0540. The van der Waals surface area contributed by atoms with Crippen LogP contribution in [0.4, 0.5) is 11.4 Å². The first-order valence-electron chi connectivity index (χ1n) is 9.74. The molecule has 0 spiro atoms. The van der Waals surface area contributed by atoms with Gasteiger partial charge in [0.2, 0.25) is 0 Å². The number of amides is 1. The second-order valence-corrected chi connectivity index (χ2v) is 7.62. The monoisotopic (exact) mass is 368 g/mol. The van der Waals surface area contributed by atoms with Gasteiger partial charge in [-0.25, -0.2) is 0 Å². The third kappa shape index (κ3) is 4.61. The maximum absolute atomic E-state index is 12.7. The average Bonchev–Trinajstić information content (AvgIpc) is 2.68. The molecule has 3 rings (SSSR count). The standard InChI is InChI=1S/C22H29N3O2/c1-16(2)18-8-10-19(11-9-18)23-22(27)17(3)24-12-14-25(15-13-24)20-6-4-5-7-21(20)26/h4-11,16-17,26H,12-15H2,1-3H3,(H,23,27)/p+1/t17-/m0/s1. The minimum Gasteiger partial charge on any atom is -0.506 e. The largest absolute Gasteiger partial charge is 0.506 e. The van der Waals surface area contributed by atoms with Gasteiger partial charge in [-0.2, -0.15) is 0 Å². The number of nitrogens with zero attached hydrogens (tertiary/aromatic N) is 1. The number of aromatic hydroxyl groups is 1. The number of phenolic OH excluding ortho intramolecular Hbond substituents is 1. The molecule has 1 saturated heterocycles. The number of carbonyl (C=O) groups is 1. The molecule has 5 heteroatoms. The zero-order chi connectivity index (χ0) is 19.4. The molecule has 0 aromatic heterocycles. The van der Waals surface area contributed by atoms with Crippen LogP contribution in [0.5, 0.6) is 5.75 Å². The zero-order valence-electron chi connectivity index (χ0n) is 16.4. The number of hydrogen-bond acceptors (Lipinski definition) is 3. The number of benzene rings is 2. The highest BCUT2D eigenvalue weighted by atomic mass is 16.3. The van der Waals surface area contributed by atoms with Crippen LogP contribution in [0.25, 0.3) is 0 Å². The summed E-state index contributed by atoms with van der Waals surface area (Å²) >= 11 is 0. The topological polar surface area (TPSA) is 57.0 Å². The van der Waals surface area contributed by atoms with Crippen molar-refractivity contribution in [2.45, 2.75) is 32.7 Å². The minimum atomic E-state index is -0.110. The summed E-state index contributed by atoms with van der Waals surface area (Å²) in [7, 11) is 0. The van der Waals surface area contributed by atoms with Crippen molar-refractivity contribution >= 4 is 17.3 Å². The molecule has 27 heavy (non-hydrogen) atoms. The number of hydrogen-bond donors (Lipinski definition) is 3. The molecule has 0 unspecified atom stereocenters. The van der Waals surface area contributed by atoms with Crippen molar-refractivity contribution in [1.82, 2.24) is 0 Å². The Morgan fingerprint density at radius 1 is 1.04 bits per heavy atom. The number of nitrogens with one attached hydrogen (secondary N) is 2. The maximum atomic E-state index is 12.7. The lowest BCUT2D eigenvalue weighted by atomic mass is 10.0. The first-order chi connectivity index (χ1) is 13.0. The smallest absolute Gasteiger partial charge is 0.282 e. The molecule has 2 aromatic carbocycles. The van der Waals surface area contributed by atoms with Gasteiger partial charge in [0, 0.05) is 5.69 Å². The Bertz CT molecular complexity index is 765. The third-order valence-corrected chi connectivity index (χ3v) is 5.48. The van der Waals surface area contributed by atoms with Gasteiger partial charge in [-0.1, -0.05) is 38.1 Å². The van der Waals surface area contributed by atoms with E-state index in [0.29, 0.717) is 11.7 Å². The van der Waals surface area contributed by atoms with Crippen LogP contribution in [0.2, 0.25) is 0 Å². The molecule has 1 heterocycles. The number of quaternary nitrogens is 1. The summed E-state index contributed by atoms with van der Waals surface area (Å²) in [5, 5.41) is 13.1. The van der Waals surface area contributed by atoms with Crippen LogP contribution in [-0.4, -0.2) is 43.2 Å². The first kappa shape index (κ1) is 19.2. The Balaban J connectivity index is 1.54. The van der Waals surface area contributed by atoms with Gasteiger partial charge < -0.3 is 20.2 Å². The first-order valence-corrected chi connectivity index (χ1v) is 9.74. The third-order valence-electron chi connectivity index (χ3n) is 5.48. The van der Waals surface area contributed by atoms with Gasteiger partial charge in [-0.3, -0.25) is 4.79 Å². The maximum Gasteiger partial charge on any atom is 0.282 e. The molecule has 1 atom stereocenters. The van der Waals surface area contributed by atoms with E-state index in [9.17, 15) is 9.90 Å². The molecule has 0 saturated carbocycles. The Morgan fingerprint density at radius 2 is 1.67 bits per heavy atom. The number of piperazine rings is 1. The van der Waals surface area contributed by atoms with E-state index in [0.717, 1.165) is 37.6 Å². The molecular weight excluding hydrogens is 338 g/mol. The van der Waals surface area contributed by atoms with E-state index in [1.54, 1.807) is 6.07 Å². The number of carbonyl (C=O) groups excluding carboxylic acids is 1. The summed E-state index contributed by atoms with van der Waals surface area (Å²) in [6.07, 6.45) is 0. The molecule has 5 nitrogen and oxygen atoms in total. The lowest BCUT2D eigenvalue weighted by Gasteiger charge is -2.36. The highest BCUT2D eigenvalue weighted by Gasteiger charge is 2.29. The van der Waals surface area contributed by atoms with E-state index in [-0.39, 0.29) is 11.9 Å². The van der Waals surface area contributed by atoms with E-state index in [1.165, 1.54) is 10.5 Å². The quantitative estimate of drug-likeness (QED) is 0.759. The molecule has 1 amide bonds. The molecule has 1 aliphatic rings. The molecule has 1 aliphatic heterocycles. The highest BCUT2D eigenvalue weighted by molar-refractivity contribution is 5.93. The van der Waals surface area contributed by atoms with Crippen LogP contribution < -0.4 is 15.1 Å². The summed E-state index contributed by atoms with van der Waals surface area (Å²) < 4.78 is 0. The summed E-state index contributed by atoms with van der Waals surface area (Å²) in [5.41, 5.74) is 2.99. The second-order valence-electron chi connectivity index (χ2n) is 7.62. The Hall–Kier alpha value is -2.53. The normalized spacial score (nSPS) is 16.4. The molecule has 1 fully saturated rings. The fourth-order valence-electron chi connectivity index (χ4n) is 3.59. The second kappa shape index (κ2) is 8.44. The van der Waals surface area contributed by atoms with Crippen LogP contribution in [0.15, 0.2) is 48.5 Å². The Labute approximate surface area is 161 Å². The van der Waals surface area contributed by atoms with Crippen LogP contribution in [-0.2, 0) is 4.79 Å². The van der Waals surface area contributed by atoms with Crippen molar-refractivity contribution in [2.75, 3.05) is 36.4 Å². The summed E-state index contributed by atoms with van der Waals surface area (Å²) in [6.45, 7) is 9.70. The summed E-state index contributed by atoms with van der Waals surface area (Å²) in [4.78, 5) is 16.1. The lowest BCUT2D eigenvalue weighted by Crippen LogP contribution is -3.19. The van der Waals surface area contributed by atoms with Gasteiger partial charge in [0.15, 0.2) is 6.04 Å². The van der Waals surface area contributed by atoms with E-state index in [4.69, 9.17) is 0 Å². The Morgan fingerprint density at radius 3 is 2.26 bits per heavy atom. The van der Waals surface area contributed by atoms with Crippen molar-refractivity contribution in [3.8, 4) is 5.75 Å². The van der Waals surface area contributed by atoms with Gasteiger partial charge in [0.25, 0.3) is 5.91 Å². The molecule has 0 bridgehead atoms. The van der Waals surface area contributed by atoms with Crippen molar-refractivity contribution in [1.29, 1.82) is 0 Å². The van der Waals surface area contributed by atoms with Crippen molar-refractivity contribution in [3.05, 3.63) is 54.1 Å². The molecule has 0 aliphatic carbocycles. The van der Waals surface area contributed by atoms with Crippen LogP contribution in [0, 0.1) is 0 Å². The summed E-state index contributed by atoms with van der Waals surface area (Å²) in [6, 6.07) is 15.4. The number of phenols is 1. The number of rotatable bonds is 5. The SMILES string of the molecule is CC(C)c1ccc(NC(=O)[C@H](C)[NH+]2CCN(c3ccccc3O)CC2)cc1. The molecule has 144 valence electrons. The van der Waals surface area contributed by atoms with Gasteiger partial charge >= 0.3 is 0 Å². The number of anilines is 2. The van der Waals surface area contributed by atoms with E-state index in [1.807, 2.05) is 37.3 Å². The summed E-state index contributed by atoms with van der Waals surface area (Å²) in [5.74, 6) is 0.855. The van der Waals surface area contributed by atoms with Crippen LogP contribution >= 0.6 is 0 Å². The predicted molar refractivity (Wildman–Crippen MR) is 110 cm³/mol. The zero-order valence-corrected chi connectivity index (χ0v) is 16.4.